The smallest absolute Gasteiger partial charge is 0.251 e. The van der Waals surface area contributed by atoms with Crippen LogP contribution in [-0.4, -0.2) is 38.8 Å². The summed E-state index contributed by atoms with van der Waals surface area (Å²) in [7, 11) is 0. The fourth-order valence-electron chi connectivity index (χ4n) is 2.99. The molecule has 0 atom stereocenters. The quantitative estimate of drug-likeness (QED) is 0.582. The first-order valence-electron chi connectivity index (χ1n) is 10.1. The first-order chi connectivity index (χ1) is 13.6. The van der Waals surface area contributed by atoms with E-state index in [0.29, 0.717) is 36.8 Å². The summed E-state index contributed by atoms with van der Waals surface area (Å²) < 4.78 is 11.1. The molecule has 0 bridgehead atoms. The molecule has 5 heteroatoms. The number of rotatable bonds is 11. The van der Waals surface area contributed by atoms with Crippen LogP contribution < -0.4 is 19.7 Å². The van der Waals surface area contributed by atoms with E-state index in [1.807, 2.05) is 13.8 Å². The van der Waals surface area contributed by atoms with E-state index >= 15 is 0 Å². The fourth-order valence-corrected chi connectivity index (χ4v) is 2.99. The second kappa shape index (κ2) is 11.2. The molecule has 2 rings (SSSR count). The number of benzene rings is 2. The summed E-state index contributed by atoms with van der Waals surface area (Å²) in [5.74, 6) is 1.17. The number of amides is 1. The monoisotopic (exact) mass is 384 g/mol. The zero-order valence-corrected chi connectivity index (χ0v) is 17.5. The molecule has 0 aliphatic heterocycles. The molecular formula is C23H32N2O3. The fraction of sp³-hybridized carbons (Fsp3) is 0.435. The summed E-state index contributed by atoms with van der Waals surface area (Å²) in [5, 5.41) is 3.00. The van der Waals surface area contributed by atoms with Gasteiger partial charge in [-0.1, -0.05) is 17.7 Å². The van der Waals surface area contributed by atoms with E-state index < -0.39 is 0 Å². The molecule has 0 radical (unpaired) electrons. The molecule has 1 amide bonds. The maximum Gasteiger partial charge on any atom is 0.251 e. The second-order valence-electron chi connectivity index (χ2n) is 6.55. The third kappa shape index (κ3) is 6.19. The number of carbonyl (C=O) groups excluding carboxylic acids is 1. The van der Waals surface area contributed by atoms with E-state index in [1.165, 1.54) is 11.3 Å². The molecule has 5 nitrogen and oxygen atoms in total. The topological polar surface area (TPSA) is 50.8 Å². The van der Waals surface area contributed by atoms with Gasteiger partial charge in [-0.05, 0) is 64.4 Å². The second-order valence-corrected chi connectivity index (χ2v) is 6.55. The minimum Gasteiger partial charge on any atom is -0.490 e. The van der Waals surface area contributed by atoms with Crippen molar-refractivity contribution in [1.82, 2.24) is 5.32 Å². The molecule has 0 saturated carbocycles. The van der Waals surface area contributed by atoms with Crippen LogP contribution in [0.5, 0.6) is 11.5 Å². The van der Waals surface area contributed by atoms with Gasteiger partial charge in [-0.25, -0.2) is 0 Å². The van der Waals surface area contributed by atoms with Crippen molar-refractivity contribution in [3.05, 3.63) is 53.6 Å². The van der Waals surface area contributed by atoms with Crippen LogP contribution in [0.2, 0.25) is 0 Å². The van der Waals surface area contributed by atoms with Crippen molar-refractivity contribution in [3.8, 4) is 11.5 Å². The molecule has 0 aromatic heterocycles. The number of ether oxygens (including phenoxy) is 2. The van der Waals surface area contributed by atoms with Crippen LogP contribution >= 0.6 is 0 Å². The predicted octanol–water partition coefficient (Wildman–Crippen LogP) is 4.44. The summed E-state index contributed by atoms with van der Waals surface area (Å²) in [6, 6.07) is 13.9. The third-order valence-corrected chi connectivity index (χ3v) is 4.48. The summed E-state index contributed by atoms with van der Waals surface area (Å²) >= 11 is 0. The number of nitrogens with zero attached hydrogens (tertiary/aromatic N) is 1. The highest BCUT2D eigenvalue weighted by atomic mass is 16.5. The van der Waals surface area contributed by atoms with Gasteiger partial charge in [0.1, 0.15) is 0 Å². The number of anilines is 1. The molecule has 0 fully saturated rings. The highest BCUT2D eigenvalue weighted by Gasteiger charge is 2.11. The van der Waals surface area contributed by atoms with Gasteiger partial charge in [0.15, 0.2) is 11.5 Å². The summed E-state index contributed by atoms with van der Waals surface area (Å²) in [4.78, 5) is 14.8. The van der Waals surface area contributed by atoms with Gasteiger partial charge in [-0.3, -0.25) is 4.79 Å². The summed E-state index contributed by atoms with van der Waals surface area (Å²) in [5.41, 5.74) is 3.05. The molecule has 2 aromatic rings. The molecule has 28 heavy (non-hydrogen) atoms. The zero-order chi connectivity index (χ0) is 20.4. The minimum atomic E-state index is -0.0950. The number of nitrogens with one attached hydrogen (secondary N) is 1. The lowest BCUT2D eigenvalue weighted by Gasteiger charge is -2.23. The lowest BCUT2D eigenvalue weighted by atomic mass is 10.2. The Kier molecular flexibility index (Phi) is 8.66. The lowest BCUT2D eigenvalue weighted by Crippen LogP contribution is -2.30. The molecular weight excluding hydrogens is 352 g/mol. The van der Waals surface area contributed by atoms with Gasteiger partial charge in [0, 0.05) is 30.9 Å². The van der Waals surface area contributed by atoms with Gasteiger partial charge < -0.3 is 19.7 Å². The number of aryl methyl sites for hydroxylation is 1. The molecule has 0 saturated heterocycles. The standard InChI is InChI=1S/C23H32N2O3/c1-5-25(20-12-9-18(4)10-13-20)16-8-15-24-23(26)19-11-14-21(27-6-2)22(17-19)28-7-3/h9-14,17H,5-8,15-16H2,1-4H3,(H,24,26). The Labute approximate surface area is 168 Å². The number of carbonyl (C=O) groups is 1. The average molecular weight is 385 g/mol. The minimum absolute atomic E-state index is 0.0950. The average Bonchev–Trinajstić information content (AvgIpc) is 2.70. The van der Waals surface area contributed by atoms with E-state index in [-0.39, 0.29) is 5.91 Å². The normalized spacial score (nSPS) is 10.4. The van der Waals surface area contributed by atoms with E-state index in [1.54, 1.807) is 18.2 Å². The van der Waals surface area contributed by atoms with Crippen LogP contribution in [0.25, 0.3) is 0 Å². The van der Waals surface area contributed by atoms with Crippen molar-refractivity contribution in [2.24, 2.45) is 0 Å². The molecule has 0 spiro atoms. The van der Waals surface area contributed by atoms with Crippen LogP contribution in [0.1, 0.15) is 43.1 Å². The highest BCUT2D eigenvalue weighted by molar-refractivity contribution is 5.94. The van der Waals surface area contributed by atoms with Crippen molar-refractivity contribution in [2.75, 3.05) is 37.7 Å². The zero-order valence-electron chi connectivity index (χ0n) is 17.5. The van der Waals surface area contributed by atoms with Crippen molar-refractivity contribution >= 4 is 11.6 Å². The maximum atomic E-state index is 12.5. The molecule has 0 aliphatic rings. The molecule has 2 aromatic carbocycles. The van der Waals surface area contributed by atoms with Gasteiger partial charge in [0.2, 0.25) is 0 Å². The van der Waals surface area contributed by atoms with Crippen LogP contribution in [-0.2, 0) is 0 Å². The Morgan fingerprint density at radius 2 is 1.64 bits per heavy atom. The largest absolute Gasteiger partial charge is 0.490 e. The van der Waals surface area contributed by atoms with Crippen molar-refractivity contribution in [1.29, 1.82) is 0 Å². The molecule has 0 unspecified atom stereocenters. The van der Waals surface area contributed by atoms with Crippen molar-refractivity contribution in [3.63, 3.8) is 0 Å². The Balaban J connectivity index is 1.87. The van der Waals surface area contributed by atoms with Crippen molar-refractivity contribution in [2.45, 2.75) is 34.1 Å². The van der Waals surface area contributed by atoms with Crippen molar-refractivity contribution < 1.29 is 14.3 Å². The lowest BCUT2D eigenvalue weighted by molar-refractivity contribution is 0.0953. The van der Waals surface area contributed by atoms with Gasteiger partial charge in [0.05, 0.1) is 13.2 Å². The first-order valence-corrected chi connectivity index (χ1v) is 10.1. The van der Waals surface area contributed by atoms with Crippen LogP contribution in [0.3, 0.4) is 0 Å². The van der Waals surface area contributed by atoms with E-state index in [4.69, 9.17) is 9.47 Å². The first kappa shape index (κ1) is 21.6. The number of hydrogen-bond acceptors (Lipinski definition) is 4. The van der Waals surface area contributed by atoms with Crippen LogP contribution in [0, 0.1) is 6.92 Å². The van der Waals surface area contributed by atoms with Gasteiger partial charge in [0.25, 0.3) is 5.91 Å². The maximum absolute atomic E-state index is 12.5. The Bertz CT molecular complexity index is 744. The van der Waals surface area contributed by atoms with Crippen LogP contribution in [0.4, 0.5) is 5.69 Å². The SMILES string of the molecule is CCOc1ccc(C(=O)NCCCN(CC)c2ccc(C)cc2)cc1OCC. The highest BCUT2D eigenvalue weighted by Crippen LogP contribution is 2.28. The van der Waals surface area contributed by atoms with Gasteiger partial charge >= 0.3 is 0 Å². The van der Waals surface area contributed by atoms with E-state index in [2.05, 4.69) is 48.3 Å². The Hall–Kier alpha value is -2.69. The Morgan fingerprint density at radius 1 is 0.964 bits per heavy atom. The van der Waals surface area contributed by atoms with Gasteiger partial charge in [-0.2, -0.15) is 0 Å². The van der Waals surface area contributed by atoms with Crippen LogP contribution in [0.15, 0.2) is 42.5 Å². The predicted molar refractivity (Wildman–Crippen MR) is 115 cm³/mol. The van der Waals surface area contributed by atoms with E-state index in [0.717, 1.165) is 19.5 Å². The number of hydrogen-bond donors (Lipinski definition) is 1. The Morgan fingerprint density at radius 3 is 2.29 bits per heavy atom. The molecule has 0 heterocycles. The molecule has 152 valence electrons. The third-order valence-electron chi connectivity index (χ3n) is 4.48. The summed E-state index contributed by atoms with van der Waals surface area (Å²) in [6.45, 7) is 11.6. The summed E-state index contributed by atoms with van der Waals surface area (Å²) in [6.07, 6.45) is 0.878. The van der Waals surface area contributed by atoms with E-state index in [9.17, 15) is 4.79 Å². The molecule has 1 N–H and O–H groups in total. The molecule has 0 aliphatic carbocycles. The van der Waals surface area contributed by atoms with Gasteiger partial charge in [-0.15, -0.1) is 0 Å².